The summed E-state index contributed by atoms with van der Waals surface area (Å²) in [5.74, 6) is 0.0116. The molecule has 1 atom stereocenters. The van der Waals surface area contributed by atoms with Crippen molar-refractivity contribution < 1.29 is 4.79 Å². The standard InChI is InChI=1S/C15H22BrNO/c1-9-7-10(2)12(11(3)8-9)17-14(18)13(16)15(4,5)6/h7-8,13H,1-6H3,(H,17,18). The third kappa shape index (κ3) is 3.58. The summed E-state index contributed by atoms with van der Waals surface area (Å²) in [6, 6.07) is 4.17. The first kappa shape index (κ1) is 15.2. The molecule has 0 saturated heterocycles. The monoisotopic (exact) mass is 311 g/mol. The van der Waals surface area contributed by atoms with E-state index in [0.717, 1.165) is 16.8 Å². The lowest BCUT2D eigenvalue weighted by Crippen LogP contribution is -2.34. The van der Waals surface area contributed by atoms with Crippen molar-refractivity contribution in [2.45, 2.75) is 46.4 Å². The largest absolute Gasteiger partial charge is 0.325 e. The van der Waals surface area contributed by atoms with Crippen LogP contribution in [0.2, 0.25) is 0 Å². The van der Waals surface area contributed by atoms with Gasteiger partial charge in [-0.3, -0.25) is 4.79 Å². The van der Waals surface area contributed by atoms with E-state index in [2.05, 4.69) is 40.3 Å². The van der Waals surface area contributed by atoms with Gasteiger partial charge in [0, 0.05) is 5.69 Å². The highest BCUT2D eigenvalue weighted by molar-refractivity contribution is 9.10. The molecule has 1 N–H and O–H groups in total. The Morgan fingerprint density at radius 1 is 1.17 bits per heavy atom. The van der Waals surface area contributed by atoms with E-state index in [1.807, 2.05) is 34.6 Å². The van der Waals surface area contributed by atoms with Crippen LogP contribution in [0.5, 0.6) is 0 Å². The topological polar surface area (TPSA) is 29.1 Å². The van der Waals surface area contributed by atoms with Gasteiger partial charge in [0.15, 0.2) is 0 Å². The summed E-state index contributed by atoms with van der Waals surface area (Å²) in [7, 11) is 0. The Balaban J connectivity index is 2.96. The van der Waals surface area contributed by atoms with Gasteiger partial charge in [0.1, 0.15) is 0 Å². The fourth-order valence-corrected chi connectivity index (χ4v) is 2.07. The van der Waals surface area contributed by atoms with Gasteiger partial charge in [0.25, 0.3) is 0 Å². The second-order valence-electron chi connectivity index (χ2n) is 5.99. The smallest absolute Gasteiger partial charge is 0.238 e. The number of carbonyl (C=O) groups is 1. The van der Waals surface area contributed by atoms with E-state index < -0.39 is 0 Å². The molecule has 18 heavy (non-hydrogen) atoms. The minimum absolute atomic E-state index is 0.0116. The Morgan fingerprint density at radius 2 is 1.61 bits per heavy atom. The van der Waals surface area contributed by atoms with Gasteiger partial charge < -0.3 is 5.32 Å². The predicted molar refractivity (Wildman–Crippen MR) is 81.5 cm³/mol. The lowest BCUT2D eigenvalue weighted by Gasteiger charge is -2.25. The van der Waals surface area contributed by atoms with E-state index in [9.17, 15) is 4.79 Å². The average Bonchev–Trinajstić information content (AvgIpc) is 2.20. The highest BCUT2D eigenvalue weighted by atomic mass is 79.9. The molecule has 1 amide bonds. The normalized spacial score (nSPS) is 13.3. The molecular weight excluding hydrogens is 290 g/mol. The lowest BCUT2D eigenvalue weighted by atomic mass is 9.91. The van der Waals surface area contributed by atoms with E-state index in [1.165, 1.54) is 5.56 Å². The first-order chi connectivity index (χ1) is 8.12. The zero-order valence-electron chi connectivity index (χ0n) is 12.0. The third-order valence-corrected chi connectivity index (χ3v) is 4.71. The maximum atomic E-state index is 12.2. The van der Waals surface area contributed by atoms with Crippen molar-refractivity contribution in [2.75, 3.05) is 5.32 Å². The van der Waals surface area contributed by atoms with Gasteiger partial charge in [-0.05, 0) is 37.3 Å². The minimum atomic E-state index is -0.204. The number of halogens is 1. The summed E-state index contributed by atoms with van der Waals surface area (Å²) >= 11 is 3.47. The molecule has 1 aromatic carbocycles. The number of aryl methyl sites for hydroxylation is 3. The van der Waals surface area contributed by atoms with Crippen LogP contribution in [-0.4, -0.2) is 10.7 Å². The molecule has 0 saturated carbocycles. The molecule has 2 nitrogen and oxygen atoms in total. The first-order valence-electron chi connectivity index (χ1n) is 6.15. The van der Waals surface area contributed by atoms with Crippen molar-refractivity contribution in [1.29, 1.82) is 0 Å². The molecule has 0 bridgehead atoms. The van der Waals surface area contributed by atoms with Gasteiger partial charge in [0.2, 0.25) is 5.91 Å². The molecule has 0 heterocycles. The van der Waals surface area contributed by atoms with Crippen LogP contribution in [0.25, 0.3) is 0 Å². The van der Waals surface area contributed by atoms with Gasteiger partial charge in [-0.25, -0.2) is 0 Å². The molecule has 0 aromatic heterocycles. The highest BCUT2D eigenvalue weighted by Gasteiger charge is 2.29. The van der Waals surface area contributed by atoms with Crippen molar-refractivity contribution in [3.05, 3.63) is 28.8 Å². The van der Waals surface area contributed by atoms with E-state index in [1.54, 1.807) is 0 Å². The molecule has 0 fully saturated rings. The summed E-state index contributed by atoms with van der Waals surface area (Å²) in [6.45, 7) is 12.2. The fourth-order valence-electron chi connectivity index (χ4n) is 1.96. The number of rotatable bonds is 2. The van der Waals surface area contributed by atoms with Crippen LogP contribution in [0.1, 0.15) is 37.5 Å². The van der Waals surface area contributed by atoms with Crippen LogP contribution in [-0.2, 0) is 4.79 Å². The molecule has 100 valence electrons. The third-order valence-electron chi connectivity index (χ3n) is 2.92. The van der Waals surface area contributed by atoms with Gasteiger partial charge in [-0.2, -0.15) is 0 Å². The number of hydrogen-bond acceptors (Lipinski definition) is 1. The Kier molecular flexibility index (Phi) is 4.60. The molecule has 0 aliphatic heterocycles. The first-order valence-corrected chi connectivity index (χ1v) is 7.07. The number of amides is 1. The Hall–Kier alpha value is -0.830. The van der Waals surface area contributed by atoms with Gasteiger partial charge in [-0.15, -0.1) is 0 Å². The molecule has 0 radical (unpaired) electrons. The van der Waals surface area contributed by atoms with Gasteiger partial charge in [-0.1, -0.05) is 54.4 Å². The predicted octanol–water partition coefficient (Wildman–Crippen LogP) is 4.36. The van der Waals surface area contributed by atoms with Gasteiger partial charge >= 0.3 is 0 Å². The van der Waals surface area contributed by atoms with Crippen molar-refractivity contribution in [3.8, 4) is 0 Å². The van der Waals surface area contributed by atoms with Crippen LogP contribution >= 0.6 is 15.9 Å². The number of nitrogens with one attached hydrogen (secondary N) is 1. The van der Waals surface area contributed by atoms with Crippen molar-refractivity contribution in [1.82, 2.24) is 0 Å². The zero-order chi connectivity index (χ0) is 14.1. The SMILES string of the molecule is Cc1cc(C)c(NC(=O)C(Br)C(C)(C)C)c(C)c1. The Morgan fingerprint density at radius 3 is 2.00 bits per heavy atom. The molecule has 0 aliphatic carbocycles. The van der Waals surface area contributed by atoms with Crippen LogP contribution in [0.3, 0.4) is 0 Å². The number of alkyl halides is 1. The van der Waals surface area contributed by atoms with Crippen LogP contribution < -0.4 is 5.32 Å². The summed E-state index contributed by atoms with van der Waals surface area (Å²) in [5.41, 5.74) is 4.26. The maximum Gasteiger partial charge on any atom is 0.238 e. The average molecular weight is 312 g/mol. The van der Waals surface area contributed by atoms with E-state index in [-0.39, 0.29) is 16.1 Å². The number of hydrogen-bond donors (Lipinski definition) is 1. The fraction of sp³-hybridized carbons (Fsp3) is 0.533. The van der Waals surface area contributed by atoms with Gasteiger partial charge in [0.05, 0.1) is 4.83 Å². The molecular formula is C15H22BrNO. The minimum Gasteiger partial charge on any atom is -0.325 e. The van der Waals surface area contributed by atoms with E-state index in [4.69, 9.17) is 0 Å². The number of carbonyl (C=O) groups excluding carboxylic acids is 1. The Bertz CT molecular complexity index is 437. The number of anilines is 1. The summed E-state index contributed by atoms with van der Waals surface area (Å²) in [5, 5.41) is 3.03. The van der Waals surface area contributed by atoms with Crippen molar-refractivity contribution in [3.63, 3.8) is 0 Å². The van der Waals surface area contributed by atoms with Crippen LogP contribution in [0.15, 0.2) is 12.1 Å². The molecule has 1 aromatic rings. The second kappa shape index (κ2) is 5.43. The zero-order valence-corrected chi connectivity index (χ0v) is 13.6. The van der Waals surface area contributed by atoms with E-state index in [0.29, 0.717) is 0 Å². The van der Waals surface area contributed by atoms with E-state index >= 15 is 0 Å². The van der Waals surface area contributed by atoms with Crippen molar-refractivity contribution in [2.24, 2.45) is 5.41 Å². The van der Waals surface area contributed by atoms with Crippen LogP contribution in [0.4, 0.5) is 5.69 Å². The summed E-state index contributed by atoms with van der Waals surface area (Å²) in [4.78, 5) is 12.0. The summed E-state index contributed by atoms with van der Waals surface area (Å²) in [6.07, 6.45) is 0. The second-order valence-corrected chi connectivity index (χ2v) is 6.91. The molecule has 1 unspecified atom stereocenters. The molecule has 0 aliphatic rings. The highest BCUT2D eigenvalue weighted by Crippen LogP contribution is 2.29. The summed E-state index contributed by atoms with van der Waals surface area (Å²) < 4.78 is 0. The quantitative estimate of drug-likeness (QED) is 0.808. The molecule has 1 rings (SSSR count). The molecule has 0 spiro atoms. The van der Waals surface area contributed by atoms with Crippen molar-refractivity contribution >= 4 is 27.5 Å². The molecule has 3 heteroatoms. The maximum absolute atomic E-state index is 12.2. The number of benzene rings is 1. The van der Waals surface area contributed by atoms with Crippen LogP contribution in [0, 0.1) is 26.2 Å². The lowest BCUT2D eigenvalue weighted by molar-refractivity contribution is -0.117. The Labute approximate surface area is 118 Å².